The molecule has 0 atom stereocenters. The quantitative estimate of drug-likeness (QED) is 0.758. The molecule has 0 aromatic heterocycles. The molecule has 1 aliphatic carbocycles. The van der Waals surface area contributed by atoms with E-state index in [0.717, 1.165) is 18.7 Å². The summed E-state index contributed by atoms with van der Waals surface area (Å²) in [6.07, 6.45) is 2.43. The topological polar surface area (TPSA) is 75.4 Å². The molecular weight excluding hydrogens is 310 g/mol. The summed E-state index contributed by atoms with van der Waals surface area (Å²) in [5.41, 5.74) is 6.32. The first kappa shape index (κ1) is 16.7. The largest absolute Gasteiger partial charge is 0.326 e. The van der Waals surface area contributed by atoms with Gasteiger partial charge < -0.3 is 5.73 Å². The average Bonchev–Trinajstić information content (AvgIpc) is 3.27. The molecule has 1 aromatic carbocycles. The molecule has 0 spiro atoms. The van der Waals surface area contributed by atoms with Crippen LogP contribution < -0.4 is 10.5 Å². The SMILES string of the molecule is CCN(CCNS(=O)(=O)c1ccc(CN)cc1Cl)C1CC1. The van der Waals surface area contributed by atoms with Gasteiger partial charge in [0.2, 0.25) is 10.0 Å². The van der Waals surface area contributed by atoms with Crippen molar-refractivity contribution in [2.75, 3.05) is 19.6 Å². The molecule has 2 rings (SSSR count). The molecule has 3 N–H and O–H groups in total. The van der Waals surface area contributed by atoms with E-state index in [1.54, 1.807) is 12.1 Å². The van der Waals surface area contributed by atoms with Gasteiger partial charge in [0.05, 0.1) is 5.02 Å². The van der Waals surface area contributed by atoms with Crippen molar-refractivity contribution in [3.63, 3.8) is 0 Å². The molecule has 1 saturated carbocycles. The number of halogens is 1. The van der Waals surface area contributed by atoms with Crippen molar-refractivity contribution in [3.8, 4) is 0 Å². The fourth-order valence-electron chi connectivity index (χ4n) is 2.33. The summed E-state index contributed by atoms with van der Waals surface area (Å²) in [7, 11) is -3.57. The highest BCUT2D eigenvalue weighted by Gasteiger charge is 2.27. The van der Waals surface area contributed by atoms with Crippen molar-refractivity contribution in [3.05, 3.63) is 28.8 Å². The molecule has 7 heteroatoms. The predicted molar refractivity (Wildman–Crippen MR) is 84.8 cm³/mol. The van der Waals surface area contributed by atoms with E-state index in [2.05, 4.69) is 16.5 Å². The zero-order valence-corrected chi connectivity index (χ0v) is 13.8. The number of benzene rings is 1. The van der Waals surface area contributed by atoms with Crippen LogP contribution in [0, 0.1) is 0 Å². The van der Waals surface area contributed by atoms with E-state index >= 15 is 0 Å². The van der Waals surface area contributed by atoms with Crippen LogP contribution in [-0.4, -0.2) is 39.0 Å². The molecule has 5 nitrogen and oxygen atoms in total. The first-order chi connectivity index (χ1) is 9.97. The number of likely N-dealkylation sites (N-methyl/N-ethyl adjacent to an activating group) is 1. The van der Waals surface area contributed by atoms with E-state index < -0.39 is 10.0 Å². The van der Waals surface area contributed by atoms with Gasteiger partial charge >= 0.3 is 0 Å². The normalized spacial score (nSPS) is 15.6. The number of sulfonamides is 1. The average molecular weight is 332 g/mol. The van der Waals surface area contributed by atoms with Gasteiger partial charge in [-0.25, -0.2) is 13.1 Å². The number of nitrogens with one attached hydrogen (secondary N) is 1. The summed E-state index contributed by atoms with van der Waals surface area (Å²) in [6, 6.07) is 5.42. The molecule has 1 fully saturated rings. The summed E-state index contributed by atoms with van der Waals surface area (Å²) in [5.74, 6) is 0. The third-order valence-corrected chi connectivity index (χ3v) is 5.63. The van der Waals surface area contributed by atoms with Gasteiger partial charge in [0.15, 0.2) is 0 Å². The molecule has 0 unspecified atom stereocenters. The smallest absolute Gasteiger partial charge is 0.242 e. The zero-order chi connectivity index (χ0) is 15.5. The number of hydrogen-bond acceptors (Lipinski definition) is 4. The molecular formula is C14H22ClN3O2S. The minimum absolute atomic E-state index is 0.107. The van der Waals surface area contributed by atoms with E-state index in [4.69, 9.17) is 17.3 Å². The maximum atomic E-state index is 12.3. The maximum Gasteiger partial charge on any atom is 0.242 e. The molecule has 0 bridgehead atoms. The van der Waals surface area contributed by atoms with Crippen LogP contribution in [0.2, 0.25) is 5.02 Å². The molecule has 0 amide bonds. The van der Waals surface area contributed by atoms with E-state index in [1.807, 2.05) is 0 Å². The Morgan fingerprint density at radius 3 is 2.67 bits per heavy atom. The highest BCUT2D eigenvalue weighted by atomic mass is 35.5. The predicted octanol–water partition coefficient (Wildman–Crippen LogP) is 1.56. The standard InChI is InChI=1S/C14H22ClN3O2S/c1-2-18(12-4-5-12)8-7-17-21(19,20)14-6-3-11(10-16)9-13(14)15/h3,6,9,12,17H,2,4-5,7-8,10,16H2,1H3. The van der Waals surface area contributed by atoms with Crippen LogP contribution >= 0.6 is 11.6 Å². The number of rotatable bonds is 8. The molecule has 1 aliphatic rings. The van der Waals surface area contributed by atoms with E-state index in [0.29, 0.717) is 19.1 Å². The Hall–Kier alpha value is -0.660. The number of nitrogens with two attached hydrogens (primary N) is 1. The van der Waals surface area contributed by atoms with Gasteiger partial charge in [-0.05, 0) is 37.1 Å². The van der Waals surface area contributed by atoms with Crippen molar-refractivity contribution in [1.82, 2.24) is 9.62 Å². The Morgan fingerprint density at radius 2 is 2.14 bits per heavy atom. The molecule has 21 heavy (non-hydrogen) atoms. The van der Waals surface area contributed by atoms with Gasteiger partial charge in [0, 0.05) is 25.7 Å². The van der Waals surface area contributed by atoms with Crippen LogP contribution in [0.15, 0.2) is 23.1 Å². The highest BCUT2D eigenvalue weighted by molar-refractivity contribution is 7.89. The van der Waals surface area contributed by atoms with Gasteiger partial charge in [0.1, 0.15) is 4.90 Å². The van der Waals surface area contributed by atoms with E-state index in [-0.39, 0.29) is 9.92 Å². The number of hydrogen-bond donors (Lipinski definition) is 2. The van der Waals surface area contributed by atoms with Crippen LogP contribution in [0.4, 0.5) is 0 Å². The molecule has 0 saturated heterocycles. The minimum atomic E-state index is -3.57. The Bertz CT molecular complexity index is 588. The van der Waals surface area contributed by atoms with Crippen LogP contribution in [-0.2, 0) is 16.6 Å². The van der Waals surface area contributed by atoms with E-state index in [1.165, 1.54) is 18.9 Å². The summed E-state index contributed by atoms with van der Waals surface area (Å²) >= 11 is 6.04. The fraction of sp³-hybridized carbons (Fsp3) is 0.571. The zero-order valence-electron chi connectivity index (χ0n) is 12.2. The lowest BCUT2D eigenvalue weighted by molar-refractivity contribution is 0.282. The van der Waals surface area contributed by atoms with Crippen LogP contribution in [0.1, 0.15) is 25.3 Å². The molecule has 0 radical (unpaired) electrons. The second-order valence-corrected chi connectivity index (χ2v) is 7.37. The lowest BCUT2D eigenvalue weighted by Gasteiger charge is -2.19. The maximum absolute atomic E-state index is 12.3. The summed E-state index contributed by atoms with van der Waals surface area (Å²) < 4.78 is 27.1. The van der Waals surface area contributed by atoms with Crippen molar-refractivity contribution in [2.24, 2.45) is 5.73 Å². The molecule has 0 aliphatic heterocycles. The van der Waals surface area contributed by atoms with Crippen molar-refractivity contribution >= 4 is 21.6 Å². The summed E-state index contributed by atoms with van der Waals surface area (Å²) in [4.78, 5) is 2.40. The molecule has 118 valence electrons. The number of nitrogens with zero attached hydrogens (tertiary/aromatic N) is 1. The van der Waals surface area contributed by atoms with Crippen molar-refractivity contribution in [2.45, 2.75) is 37.2 Å². The second kappa shape index (κ2) is 7.07. The molecule has 0 heterocycles. The van der Waals surface area contributed by atoms with Crippen molar-refractivity contribution in [1.29, 1.82) is 0 Å². The lowest BCUT2D eigenvalue weighted by Crippen LogP contribution is -2.36. The Labute approximate surface area is 131 Å². The first-order valence-corrected chi connectivity index (χ1v) is 9.06. The van der Waals surface area contributed by atoms with Gasteiger partial charge in [-0.2, -0.15) is 0 Å². The highest BCUT2D eigenvalue weighted by Crippen LogP contribution is 2.26. The van der Waals surface area contributed by atoms with Crippen LogP contribution in [0.5, 0.6) is 0 Å². The molecule has 1 aromatic rings. The Balaban J connectivity index is 1.97. The van der Waals surface area contributed by atoms with Gasteiger partial charge in [-0.15, -0.1) is 0 Å². The Morgan fingerprint density at radius 1 is 1.43 bits per heavy atom. The van der Waals surface area contributed by atoms with Crippen molar-refractivity contribution < 1.29 is 8.42 Å². The second-order valence-electron chi connectivity index (χ2n) is 5.23. The van der Waals surface area contributed by atoms with Crippen LogP contribution in [0.3, 0.4) is 0 Å². The monoisotopic (exact) mass is 331 g/mol. The minimum Gasteiger partial charge on any atom is -0.326 e. The van der Waals surface area contributed by atoms with Gasteiger partial charge in [0.25, 0.3) is 0 Å². The summed E-state index contributed by atoms with van der Waals surface area (Å²) in [5, 5.41) is 0.208. The van der Waals surface area contributed by atoms with Gasteiger partial charge in [-0.1, -0.05) is 24.6 Å². The third-order valence-electron chi connectivity index (χ3n) is 3.68. The third kappa shape index (κ3) is 4.40. The Kier molecular flexibility index (Phi) is 5.62. The first-order valence-electron chi connectivity index (χ1n) is 7.20. The van der Waals surface area contributed by atoms with Gasteiger partial charge in [-0.3, -0.25) is 4.90 Å². The van der Waals surface area contributed by atoms with Crippen LogP contribution in [0.25, 0.3) is 0 Å². The fourth-order valence-corrected chi connectivity index (χ4v) is 3.92. The summed E-state index contributed by atoms with van der Waals surface area (Å²) in [6.45, 7) is 4.48. The lowest BCUT2D eigenvalue weighted by atomic mass is 10.2. The van der Waals surface area contributed by atoms with E-state index in [9.17, 15) is 8.42 Å².